The largest absolute Gasteiger partial charge is 0.403 e. The fraction of sp³-hybridized carbons (Fsp3) is 0. The molecule has 0 aliphatic rings. The number of nitro groups is 1. The Bertz CT molecular complexity index is 838. The lowest BCUT2D eigenvalue weighted by atomic mass is 10.1. The van der Waals surface area contributed by atoms with Crippen LogP contribution in [0.25, 0.3) is 21.9 Å². The van der Waals surface area contributed by atoms with E-state index in [2.05, 4.69) is 4.98 Å². The molecular formula is C12H6N2O4. The van der Waals surface area contributed by atoms with Crippen LogP contribution in [-0.4, -0.2) is 9.91 Å². The number of nitrogens with zero attached hydrogens (tertiary/aromatic N) is 2. The van der Waals surface area contributed by atoms with Crippen molar-refractivity contribution in [3.63, 3.8) is 0 Å². The Kier molecular flexibility index (Phi) is 2.09. The minimum Gasteiger partial charge on any atom is -0.403 e. The van der Waals surface area contributed by atoms with Gasteiger partial charge in [-0.2, -0.15) is 0 Å². The fourth-order valence-electron chi connectivity index (χ4n) is 1.87. The molecule has 18 heavy (non-hydrogen) atoms. The molecule has 0 aliphatic heterocycles. The molecular weight excluding hydrogens is 236 g/mol. The second kappa shape index (κ2) is 3.63. The number of hydrogen-bond acceptors (Lipinski definition) is 5. The van der Waals surface area contributed by atoms with Crippen LogP contribution in [0.3, 0.4) is 0 Å². The molecule has 0 radical (unpaired) electrons. The van der Waals surface area contributed by atoms with Crippen molar-refractivity contribution >= 4 is 27.6 Å². The van der Waals surface area contributed by atoms with Crippen LogP contribution in [0.4, 0.5) is 5.69 Å². The summed E-state index contributed by atoms with van der Waals surface area (Å²) in [5, 5.41) is 12.1. The zero-order chi connectivity index (χ0) is 12.7. The quantitative estimate of drug-likeness (QED) is 0.371. The van der Waals surface area contributed by atoms with E-state index in [0.717, 1.165) is 0 Å². The van der Waals surface area contributed by atoms with E-state index in [-0.39, 0.29) is 16.8 Å². The molecule has 0 aliphatic carbocycles. The van der Waals surface area contributed by atoms with E-state index < -0.39 is 10.5 Å². The molecule has 3 rings (SSSR count). The molecule has 1 aromatic carbocycles. The molecule has 0 unspecified atom stereocenters. The zero-order valence-electron chi connectivity index (χ0n) is 8.99. The minimum atomic E-state index is -0.625. The van der Waals surface area contributed by atoms with E-state index >= 15 is 0 Å². The van der Waals surface area contributed by atoms with Crippen molar-refractivity contribution < 1.29 is 9.34 Å². The highest BCUT2D eigenvalue weighted by molar-refractivity contribution is 6.03. The number of non-ortho nitro benzene ring substituents is 1. The molecule has 0 bridgehead atoms. The second-order valence-corrected chi connectivity index (χ2v) is 3.73. The fourth-order valence-corrected chi connectivity index (χ4v) is 1.87. The average molecular weight is 242 g/mol. The number of nitro benzene ring substituents is 1. The predicted molar refractivity (Wildman–Crippen MR) is 64.4 cm³/mol. The van der Waals surface area contributed by atoms with E-state index in [1.165, 1.54) is 24.4 Å². The standard InChI is InChI=1S/C12H6N2O4/c15-12-10-6-7(14(16)17)3-4-8(10)9-2-1-5-13-11(9)18-12/h1-6H. The van der Waals surface area contributed by atoms with Gasteiger partial charge in [0.15, 0.2) is 0 Å². The summed E-state index contributed by atoms with van der Waals surface area (Å²) in [5.74, 6) is 0. The van der Waals surface area contributed by atoms with Gasteiger partial charge < -0.3 is 4.42 Å². The lowest BCUT2D eigenvalue weighted by Gasteiger charge is -2.00. The van der Waals surface area contributed by atoms with Gasteiger partial charge in [-0.15, -0.1) is 0 Å². The van der Waals surface area contributed by atoms with E-state index in [4.69, 9.17) is 4.42 Å². The van der Waals surface area contributed by atoms with Crippen molar-refractivity contribution in [3.05, 3.63) is 57.1 Å². The molecule has 0 saturated carbocycles. The Labute approximate surface area is 99.6 Å². The summed E-state index contributed by atoms with van der Waals surface area (Å²) in [4.78, 5) is 25.8. The van der Waals surface area contributed by atoms with Crippen molar-refractivity contribution in [2.45, 2.75) is 0 Å². The Morgan fingerprint density at radius 2 is 2.00 bits per heavy atom. The summed E-state index contributed by atoms with van der Waals surface area (Å²) in [6, 6.07) is 7.57. The summed E-state index contributed by atoms with van der Waals surface area (Å²) in [5.41, 5.74) is -0.540. The van der Waals surface area contributed by atoms with Crippen LogP contribution in [0.15, 0.2) is 45.7 Å². The van der Waals surface area contributed by atoms with E-state index in [0.29, 0.717) is 10.8 Å². The van der Waals surface area contributed by atoms with Gasteiger partial charge in [-0.25, -0.2) is 9.78 Å². The average Bonchev–Trinajstić information content (AvgIpc) is 2.38. The van der Waals surface area contributed by atoms with Crippen molar-refractivity contribution in [1.82, 2.24) is 4.98 Å². The van der Waals surface area contributed by atoms with Crippen LogP contribution in [-0.2, 0) is 0 Å². The highest BCUT2D eigenvalue weighted by atomic mass is 16.6. The van der Waals surface area contributed by atoms with E-state index in [1.807, 2.05) is 0 Å². The summed E-state index contributed by atoms with van der Waals surface area (Å²) in [6.45, 7) is 0. The van der Waals surface area contributed by atoms with Crippen LogP contribution in [0.2, 0.25) is 0 Å². The highest BCUT2D eigenvalue weighted by Crippen LogP contribution is 2.24. The maximum absolute atomic E-state index is 11.7. The molecule has 3 aromatic rings. The summed E-state index contributed by atoms with van der Waals surface area (Å²) >= 11 is 0. The topological polar surface area (TPSA) is 86.2 Å². The van der Waals surface area contributed by atoms with Crippen LogP contribution in [0, 0.1) is 10.1 Å². The molecule has 0 fully saturated rings. The maximum atomic E-state index is 11.7. The van der Waals surface area contributed by atoms with Crippen molar-refractivity contribution in [2.75, 3.05) is 0 Å². The first-order valence-corrected chi connectivity index (χ1v) is 5.13. The van der Waals surface area contributed by atoms with Crippen molar-refractivity contribution in [1.29, 1.82) is 0 Å². The zero-order valence-corrected chi connectivity index (χ0v) is 8.99. The van der Waals surface area contributed by atoms with Gasteiger partial charge in [-0.05, 0) is 18.2 Å². The number of benzene rings is 1. The summed E-state index contributed by atoms with van der Waals surface area (Å²) < 4.78 is 5.02. The van der Waals surface area contributed by atoms with Crippen LogP contribution >= 0.6 is 0 Å². The van der Waals surface area contributed by atoms with Gasteiger partial charge in [0.05, 0.1) is 10.3 Å². The number of hydrogen-bond donors (Lipinski definition) is 0. The third-order valence-electron chi connectivity index (χ3n) is 2.68. The molecule has 2 heterocycles. The van der Waals surface area contributed by atoms with Gasteiger partial charge in [-0.3, -0.25) is 10.1 Å². The smallest absolute Gasteiger partial charge is 0.345 e. The summed E-state index contributed by atoms with van der Waals surface area (Å²) in [7, 11) is 0. The molecule has 2 aromatic heterocycles. The van der Waals surface area contributed by atoms with Crippen LogP contribution in [0.1, 0.15) is 0 Å². The molecule has 6 heteroatoms. The Balaban J connectivity index is 2.52. The minimum absolute atomic E-state index is 0.141. The number of aromatic nitrogens is 1. The molecule has 88 valence electrons. The molecule has 0 amide bonds. The highest BCUT2D eigenvalue weighted by Gasteiger charge is 2.12. The first-order chi connectivity index (χ1) is 8.66. The normalized spacial score (nSPS) is 10.9. The van der Waals surface area contributed by atoms with Crippen LogP contribution < -0.4 is 5.63 Å². The van der Waals surface area contributed by atoms with Crippen molar-refractivity contribution in [3.8, 4) is 0 Å². The van der Waals surface area contributed by atoms with Crippen molar-refractivity contribution in [2.24, 2.45) is 0 Å². The lowest BCUT2D eigenvalue weighted by molar-refractivity contribution is -0.384. The Hall–Kier alpha value is -2.76. The van der Waals surface area contributed by atoms with Gasteiger partial charge in [0, 0.05) is 29.1 Å². The predicted octanol–water partition coefficient (Wildman–Crippen LogP) is 2.25. The van der Waals surface area contributed by atoms with Crippen LogP contribution in [0.5, 0.6) is 0 Å². The third kappa shape index (κ3) is 1.43. The molecule has 0 atom stereocenters. The van der Waals surface area contributed by atoms with E-state index in [9.17, 15) is 14.9 Å². The Morgan fingerprint density at radius 3 is 2.78 bits per heavy atom. The SMILES string of the molecule is O=c1oc2ncccc2c2ccc([N+](=O)[O-])cc12. The maximum Gasteiger partial charge on any atom is 0.345 e. The van der Waals surface area contributed by atoms with Gasteiger partial charge in [0.2, 0.25) is 5.71 Å². The van der Waals surface area contributed by atoms with Gasteiger partial charge in [0.1, 0.15) is 0 Å². The number of rotatable bonds is 1. The third-order valence-corrected chi connectivity index (χ3v) is 2.68. The second-order valence-electron chi connectivity index (χ2n) is 3.73. The Morgan fingerprint density at radius 1 is 1.17 bits per heavy atom. The van der Waals surface area contributed by atoms with Gasteiger partial charge in [0.25, 0.3) is 5.69 Å². The first-order valence-electron chi connectivity index (χ1n) is 5.13. The van der Waals surface area contributed by atoms with Gasteiger partial charge >= 0.3 is 5.63 Å². The summed E-state index contributed by atoms with van der Waals surface area (Å²) in [6.07, 6.45) is 1.52. The number of fused-ring (bicyclic) bond motifs is 3. The lowest BCUT2D eigenvalue weighted by Crippen LogP contribution is -2.01. The number of pyridine rings is 1. The molecule has 6 nitrogen and oxygen atoms in total. The molecule has 0 N–H and O–H groups in total. The molecule has 0 spiro atoms. The monoisotopic (exact) mass is 242 g/mol. The van der Waals surface area contributed by atoms with Gasteiger partial charge in [-0.1, -0.05) is 0 Å². The first kappa shape index (κ1) is 10.4. The van der Waals surface area contributed by atoms with E-state index in [1.54, 1.807) is 12.1 Å². The molecule has 0 saturated heterocycles.